The summed E-state index contributed by atoms with van der Waals surface area (Å²) in [5, 5.41) is 2.74. The minimum Gasteiger partial charge on any atom is -0.465 e. The van der Waals surface area contributed by atoms with Crippen molar-refractivity contribution in [2.24, 2.45) is 0 Å². The standard InChI is InChI=1S/C22H22N4O3/c1-4-26(19-10-5-7-15(2)11-19)22-23-13-17(14-24-22)20(27)25-18-9-6-8-16(12-18)21(28)29-3/h5-14H,4H2,1-3H3,(H,25,27). The summed E-state index contributed by atoms with van der Waals surface area (Å²) in [6.45, 7) is 4.73. The van der Waals surface area contributed by atoms with Crippen molar-refractivity contribution in [2.75, 3.05) is 23.9 Å². The lowest BCUT2D eigenvalue weighted by molar-refractivity contribution is 0.0600. The maximum atomic E-state index is 12.5. The zero-order valence-electron chi connectivity index (χ0n) is 16.5. The van der Waals surface area contributed by atoms with Crippen molar-refractivity contribution in [1.29, 1.82) is 0 Å². The van der Waals surface area contributed by atoms with Gasteiger partial charge in [0.05, 0.1) is 18.2 Å². The van der Waals surface area contributed by atoms with Crippen molar-refractivity contribution >= 4 is 29.2 Å². The van der Waals surface area contributed by atoms with Crippen LogP contribution in [0.2, 0.25) is 0 Å². The van der Waals surface area contributed by atoms with E-state index in [0.29, 0.717) is 29.3 Å². The number of anilines is 3. The highest BCUT2D eigenvalue weighted by molar-refractivity contribution is 6.04. The van der Waals surface area contributed by atoms with Crippen LogP contribution in [0.15, 0.2) is 60.9 Å². The summed E-state index contributed by atoms with van der Waals surface area (Å²) in [4.78, 5) is 34.8. The number of benzene rings is 2. The maximum Gasteiger partial charge on any atom is 0.337 e. The largest absolute Gasteiger partial charge is 0.465 e. The van der Waals surface area contributed by atoms with E-state index in [-0.39, 0.29) is 5.91 Å². The normalized spacial score (nSPS) is 10.3. The summed E-state index contributed by atoms with van der Waals surface area (Å²) in [6.07, 6.45) is 2.97. The van der Waals surface area contributed by atoms with Gasteiger partial charge in [-0.2, -0.15) is 0 Å². The Morgan fingerprint density at radius 3 is 2.41 bits per heavy atom. The molecule has 1 heterocycles. The molecule has 0 aliphatic heterocycles. The van der Waals surface area contributed by atoms with Gasteiger partial charge < -0.3 is 15.0 Å². The molecule has 148 valence electrons. The zero-order valence-corrected chi connectivity index (χ0v) is 16.5. The summed E-state index contributed by atoms with van der Waals surface area (Å²) >= 11 is 0. The van der Waals surface area contributed by atoms with Gasteiger partial charge in [0, 0.05) is 30.3 Å². The number of carbonyl (C=O) groups excluding carboxylic acids is 2. The van der Waals surface area contributed by atoms with Crippen molar-refractivity contribution in [3.05, 3.63) is 77.6 Å². The second kappa shape index (κ2) is 8.97. The number of hydrogen-bond donors (Lipinski definition) is 1. The van der Waals surface area contributed by atoms with E-state index in [0.717, 1.165) is 11.3 Å². The number of nitrogens with zero attached hydrogens (tertiary/aromatic N) is 3. The molecule has 0 aliphatic rings. The van der Waals surface area contributed by atoms with E-state index in [1.54, 1.807) is 24.3 Å². The smallest absolute Gasteiger partial charge is 0.337 e. The number of methoxy groups -OCH3 is 1. The van der Waals surface area contributed by atoms with E-state index in [9.17, 15) is 9.59 Å². The molecule has 7 nitrogen and oxygen atoms in total. The Morgan fingerprint density at radius 2 is 1.76 bits per heavy atom. The summed E-state index contributed by atoms with van der Waals surface area (Å²) < 4.78 is 4.69. The fourth-order valence-corrected chi connectivity index (χ4v) is 2.86. The molecule has 0 radical (unpaired) electrons. The molecule has 0 saturated heterocycles. The highest BCUT2D eigenvalue weighted by Gasteiger charge is 2.13. The number of aryl methyl sites for hydroxylation is 1. The molecule has 0 unspecified atom stereocenters. The van der Waals surface area contributed by atoms with Crippen LogP contribution in [0.1, 0.15) is 33.2 Å². The molecule has 1 amide bonds. The molecule has 3 rings (SSSR count). The first-order chi connectivity index (χ1) is 14.0. The molecule has 2 aromatic carbocycles. The van der Waals surface area contributed by atoms with E-state index >= 15 is 0 Å². The molecular weight excluding hydrogens is 368 g/mol. The first-order valence-corrected chi connectivity index (χ1v) is 9.17. The average Bonchev–Trinajstić information content (AvgIpc) is 2.74. The van der Waals surface area contributed by atoms with E-state index in [1.165, 1.54) is 19.5 Å². The van der Waals surface area contributed by atoms with Gasteiger partial charge in [-0.25, -0.2) is 14.8 Å². The Labute approximate surface area is 169 Å². The number of esters is 1. The number of ether oxygens (including phenoxy) is 1. The van der Waals surface area contributed by atoms with Crippen LogP contribution in [-0.4, -0.2) is 35.5 Å². The molecule has 0 saturated carbocycles. The Kier molecular flexibility index (Phi) is 6.19. The van der Waals surface area contributed by atoms with Crippen LogP contribution < -0.4 is 10.2 Å². The quantitative estimate of drug-likeness (QED) is 0.641. The summed E-state index contributed by atoms with van der Waals surface area (Å²) in [7, 11) is 1.31. The number of nitrogens with one attached hydrogen (secondary N) is 1. The van der Waals surface area contributed by atoms with E-state index in [2.05, 4.69) is 21.4 Å². The van der Waals surface area contributed by atoms with Crippen LogP contribution >= 0.6 is 0 Å². The first-order valence-electron chi connectivity index (χ1n) is 9.17. The van der Waals surface area contributed by atoms with Gasteiger partial charge in [0.15, 0.2) is 0 Å². The topological polar surface area (TPSA) is 84.4 Å². The molecule has 0 aliphatic carbocycles. The van der Waals surface area contributed by atoms with Crippen LogP contribution in [0.25, 0.3) is 0 Å². The van der Waals surface area contributed by atoms with Crippen molar-refractivity contribution < 1.29 is 14.3 Å². The van der Waals surface area contributed by atoms with Crippen LogP contribution in [0.5, 0.6) is 0 Å². The lowest BCUT2D eigenvalue weighted by Gasteiger charge is -2.21. The minimum atomic E-state index is -0.468. The van der Waals surface area contributed by atoms with Crippen molar-refractivity contribution in [2.45, 2.75) is 13.8 Å². The number of amides is 1. The van der Waals surface area contributed by atoms with Gasteiger partial charge in [0.1, 0.15) is 0 Å². The van der Waals surface area contributed by atoms with Crippen molar-refractivity contribution in [3.63, 3.8) is 0 Å². The summed E-state index contributed by atoms with van der Waals surface area (Å²) in [6, 6.07) is 14.6. The van der Waals surface area contributed by atoms with Gasteiger partial charge in [0.25, 0.3) is 5.91 Å². The fourth-order valence-electron chi connectivity index (χ4n) is 2.86. The van der Waals surface area contributed by atoms with Gasteiger partial charge in [-0.05, 0) is 49.7 Å². The van der Waals surface area contributed by atoms with E-state index in [1.807, 2.05) is 36.9 Å². The third-order valence-corrected chi connectivity index (χ3v) is 4.31. The molecular formula is C22H22N4O3. The number of carbonyl (C=O) groups is 2. The Morgan fingerprint density at radius 1 is 1.03 bits per heavy atom. The van der Waals surface area contributed by atoms with Gasteiger partial charge in [-0.3, -0.25) is 4.79 Å². The highest BCUT2D eigenvalue weighted by atomic mass is 16.5. The summed E-state index contributed by atoms with van der Waals surface area (Å²) in [5.41, 5.74) is 3.29. The molecule has 3 aromatic rings. The number of aromatic nitrogens is 2. The van der Waals surface area contributed by atoms with Gasteiger partial charge in [-0.15, -0.1) is 0 Å². The number of rotatable bonds is 6. The third-order valence-electron chi connectivity index (χ3n) is 4.31. The third kappa shape index (κ3) is 4.76. The first kappa shape index (κ1) is 20.0. The maximum absolute atomic E-state index is 12.5. The van der Waals surface area contributed by atoms with Gasteiger partial charge >= 0.3 is 5.97 Å². The fraction of sp³-hybridized carbons (Fsp3) is 0.182. The lowest BCUT2D eigenvalue weighted by Crippen LogP contribution is -2.20. The predicted molar refractivity (Wildman–Crippen MR) is 112 cm³/mol. The summed E-state index contributed by atoms with van der Waals surface area (Å²) in [5.74, 6) is -0.316. The van der Waals surface area contributed by atoms with Crippen LogP contribution in [0.3, 0.4) is 0 Å². The number of hydrogen-bond acceptors (Lipinski definition) is 6. The monoisotopic (exact) mass is 390 g/mol. The van der Waals surface area contributed by atoms with Gasteiger partial charge in [0.2, 0.25) is 5.95 Å². The highest BCUT2D eigenvalue weighted by Crippen LogP contribution is 2.22. The minimum absolute atomic E-state index is 0.317. The molecule has 1 N–H and O–H groups in total. The molecule has 0 spiro atoms. The van der Waals surface area contributed by atoms with Crippen LogP contribution in [0.4, 0.5) is 17.3 Å². The molecule has 0 atom stereocenters. The SMILES string of the molecule is CCN(c1cccc(C)c1)c1ncc(C(=O)Nc2cccc(C(=O)OC)c2)cn1. The second-order valence-corrected chi connectivity index (χ2v) is 6.38. The van der Waals surface area contributed by atoms with Crippen molar-refractivity contribution in [1.82, 2.24) is 9.97 Å². The molecule has 1 aromatic heterocycles. The van der Waals surface area contributed by atoms with E-state index in [4.69, 9.17) is 4.74 Å². The molecule has 0 bridgehead atoms. The second-order valence-electron chi connectivity index (χ2n) is 6.38. The molecule has 29 heavy (non-hydrogen) atoms. The average molecular weight is 390 g/mol. The van der Waals surface area contributed by atoms with Gasteiger partial charge in [-0.1, -0.05) is 18.2 Å². The molecule has 0 fully saturated rings. The lowest BCUT2D eigenvalue weighted by atomic mass is 10.2. The van der Waals surface area contributed by atoms with Crippen LogP contribution in [0, 0.1) is 6.92 Å². The van der Waals surface area contributed by atoms with Crippen molar-refractivity contribution in [3.8, 4) is 0 Å². The van der Waals surface area contributed by atoms with Crippen LogP contribution in [-0.2, 0) is 4.74 Å². The Balaban J connectivity index is 1.76. The van der Waals surface area contributed by atoms with E-state index < -0.39 is 5.97 Å². The Bertz CT molecular complexity index is 1020. The Hall–Kier alpha value is -3.74. The zero-order chi connectivity index (χ0) is 20.8. The predicted octanol–water partition coefficient (Wildman–Crippen LogP) is 3.98. The molecule has 7 heteroatoms.